The molecule has 1 aromatic heterocycles. The number of rotatable bonds is 5. The zero-order chi connectivity index (χ0) is 18.0. The number of nitrogens with zero attached hydrogens (tertiary/aromatic N) is 2. The number of alkyl halides is 2. The van der Waals surface area contributed by atoms with Gasteiger partial charge in [-0.3, -0.25) is 4.57 Å². The van der Waals surface area contributed by atoms with E-state index in [1.165, 1.54) is 6.07 Å². The first-order valence-electron chi connectivity index (χ1n) is 7.58. The first-order valence-corrected chi connectivity index (χ1v) is 7.58. The molecule has 0 spiro atoms. The van der Waals surface area contributed by atoms with Gasteiger partial charge in [0.05, 0.1) is 13.2 Å². The normalized spacial score (nSPS) is 25.2. The maximum absolute atomic E-state index is 14.8. The zero-order valence-corrected chi connectivity index (χ0v) is 13.1. The molecule has 1 aromatic carbocycles. The molecule has 0 amide bonds. The van der Waals surface area contributed by atoms with Crippen molar-refractivity contribution in [3.8, 4) is 0 Å². The number of aromatic nitrogens is 2. The van der Waals surface area contributed by atoms with Crippen molar-refractivity contribution in [3.05, 3.63) is 58.6 Å². The van der Waals surface area contributed by atoms with Gasteiger partial charge in [-0.2, -0.15) is 13.8 Å². The van der Waals surface area contributed by atoms with Crippen LogP contribution in [-0.4, -0.2) is 39.4 Å². The van der Waals surface area contributed by atoms with Crippen LogP contribution in [0, 0.1) is 0 Å². The van der Waals surface area contributed by atoms with Crippen LogP contribution in [0.4, 0.5) is 14.6 Å². The summed E-state index contributed by atoms with van der Waals surface area (Å²) in [5.41, 5.74) is 5.10. The predicted molar refractivity (Wildman–Crippen MR) is 83.9 cm³/mol. The molecule has 2 aromatic rings. The number of anilines is 1. The van der Waals surface area contributed by atoms with E-state index in [4.69, 9.17) is 15.2 Å². The Bertz CT molecular complexity index is 784. The van der Waals surface area contributed by atoms with E-state index in [0.717, 1.165) is 6.20 Å². The molecule has 1 aliphatic rings. The third kappa shape index (κ3) is 3.39. The lowest BCUT2D eigenvalue weighted by molar-refractivity contribution is -0.157. The third-order valence-electron chi connectivity index (χ3n) is 3.91. The third-order valence-corrected chi connectivity index (χ3v) is 3.91. The van der Waals surface area contributed by atoms with Gasteiger partial charge in [-0.05, 0) is 11.6 Å². The smallest absolute Gasteiger partial charge is 0.351 e. The summed E-state index contributed by atoms with van der Waals surface area (Å²) in [6.45, 7) is -0.759. The van der Waals surface area contributed by atoms with E-state index in [-0.39, 0.29) is 12.4 Å². The number of nitrogen functional groups attached to an aromatic ring is 1. The lowest BCUT2D eigenvalue weighted by Gasteiger charge is -2.24. The highest BCUT2D eigenvalue weighted by Gasteiger charge is 2.60. The van der Waals surface area contributed by atoms with Gasteiger partial charge >= 0.3 is 11.6 Å². The number of hydrogen-bond donors (Lipinski definition) is 2. The Hall–Kier alpha value is -2.36. The van der Waals surface area contributed by atoms with Crippen LogP contribution in [0.2, 0.25) is 0 Å². The summed E-state index contributed by atoms with van der Waals surface area (Å²) in [6, 6.07) is 9.99. The van der Waals surface area contributed by atoms with Gasteiger partial charge in [0.25, 0.3) is 0 Å². The van der Waals surface area contributed by atoms with Crippen LogP contribution in [0.1, 0.15) is 11.8 Å². The zero-order valence-electron chi connectivity index (χ0n) is 13.1. The van der Waals surface area contributed by atoms with Crippen LogP contribution in [0.5, 0.6) is 0 Å². The van der Waals surface area contributed by atoms with Crippen molar-refractivity contribution in [2.24, 2.45) is 0 Å². The van der Waals surface area contributed by atoms with Crippen molar-refractivity contribution in [1.29, 1.82) is 0 Å². The van der Waals surface area contributed by atoms with Crippen LogP contribution < -0.4 is 11.4 Å². The molecule has 0 aliphatic carbocycles. The Balaban J connectivity index is 1.84. The molecular formula is C16H17F2N3O4. The summed E-state index contributed by atoms with van der Waals surface area (Å²) in [5.74, 6) is -3.64. The molecule has 2 unspecified atom stereocenters. The predicted octanol–water partition coefficient (Wildman–Crippen LogP) is 0.936. The number of nitrogens with two attached hydrogens (primary N) is 1. The second-order valence-corrected chi connectivity index (χ2v) is 5.64. The van der Waals surface area contributed by atoms with Gasteiger partial charge in [-0.1, -0.05) is 30.3 Å². The minimum Gasteiger partial charge on any atom is -0.394 e. The van der Waals surface area contributed by atoms with Gasteiger partial charge in [-0.25, -0.2) is 4.79 Å². The SMILES string of the molecule is Nc1ccn(C2O[C@H](CO)C(OCc3ccccc3)C2(F)F)c(=O)n1. The molecule has 0 bridgehead atoms. The van der Waals surface area contributed by atoms with Gasteiger partial charge in [0.1, 0.15) is 11.9 Å². The second-order valence-electron chi connectivity index (χ2n) is 5.64. The van der Waals surface area contributed by atoms with Crippen molar-refractivity contribution in [2.75, 3.05) is 12.3 Å². The van der Waals surface area contributed by atoms with Crippen LogP contribution in [0.25, 0.3) is 0 Å². The summed E-state index contributed by atoms with van der Waals surface area (Å²) < 4.78 is 40.8. The van der Waals surface area contributed by atoms with Crippen molar-refractivity contribution < 1.29 is 23.4 Å². The number of hydrogen-bond acceptors (Lipinski definition) is 6. The summed E-state index contributed by atoms with van der Waals surface area (Å²) >= 11 is 0. The lowest BCUT2D eigenvalue weighted by Crippen LogP contribution is -2.43. The molecule has 0 radical (unpaired) electrons. The largest absolute Gasteiger partial charge is 0.394 e. The van der Waals surface area contributed by atoms with E-state index in [2.05, 4.69) is 4.98 Å². The number of aliphatic hydroxyl groups is 1. The fourth-order valence-corrected chi connectivity index (χ4v) is 2.69. The maximum Gasteiger partial charge on any atom is 0.351 e. The highest BCUT2D eigenvalue weighted by Crippen LogP contribution is 2.44. The van der Waals surface area contributed by atoms with E-state index >= 15 is 0 Å². The molecule has 7 nitrogen and oxygen atoms in total. The molecule has 0 saturated carbocycles. The van der Waals surface area contributed by atoms with E-state index in [1.54, 1.807) is 30.3 Å². The average Bonchev–Trinajstić information content (AvgIpc) is 2.84. The standard InChI is InChI=1S/C16H17F2N3O4/c17-16(18)13(24-9-10-4-2-1-3-5-10)11(8-22)25-14(16)21-7-6-12(19)20-15(21)23/h1-7,11,13-14,22H,8-9H2,(H2,19,20,23)/t11-,13?,14?/m1/s1. The number of benzene rings is 1. The van der Waals surface area contributed by atoms with Crippen molar-refractivity contribution in [1.82, 2.24) is 9.55 Å². The Morgan fingerprint density at radius 2 is 2.04 bits per heavy atom. The van der Waals surface area contributed by atoms with E-state index < -0.39 is 36.7 Å². The summed E-state index contributed by atoms with van der Waals surface area (Å²) in [5, 5.41) is 9.38. The van der Waals surface area contributed by atoms with Crippen molar-refractivity contribution in [2.45, 2.75) is 31.0 Å². The second kappa shape index (κ2) is 6.87. The average molecular weight is 353 g/mol. The van der Waals surface area contributed by atoms with Crippen LogP contribution >= 0.6 is 0 Å². The minimum atomic E-state index is -3.55. The van der Waals surface area contributed by atoms with E-state index in [0.29, 0.717) is 10.1 Å². The number of ether oxygens (including phenoxy) is 2. The first-order chi connectivity index (χ1) is 11.9. The molecule has 1 saturated heterocycles. The molecule has 2 heterocycles. The summed E-state index contributed by atoms with van der Waals surface area (Å²) in [6.07, 6.45) is -3.86. The molecule has 1 fully saturated rings. The maximum atomic E-state index is 14.8. The molecule has 3 rings (SSSR count). The highest BCUT2D eigenvalue weighted by atomic mass is 19.3. The molecule has 9 heteroatoms. The van der Waals surface area contributed by atoms with Gasteiger partial charge in [0.15, 0.2) is 6.10 Å². The fraction of sp³-hybridized carbons (Fsp3) is 0.375. The van der Waals surface area contributed by atoms with Crippen LogP contribution in [-0.2, 0) is 16.1 Å². The molecule has 25 heavy (non-hydrogen) atoms. The number of aliphatic hydroxyl groups excluding tert-OH is 1. The molecule has 3 atom stereocenters. The Labute approximate surface area is 141 Å². The monoisotopic (exact) mass is 353 g/mol. The van der Waals surface area contributed by atoms with E-state index in [1.807, 2.05) is 0 Å². The summed E-state index contributed by atoms with van der Waals surface area (Å²) in [4.78, 5) is 15.3. The molecular weight excluding hydrogens is 336 g/mol. The summed E-state index contributed by atoms with van der Waals surface area (Å²) in [7, 11) is 0. The van der Waals surface area contributed by atoms with Gasteiger partial charge in [0.2, 0.25) is 6.23 Å². The Kier molecular flexibility index (Phi) is 4.80. The lowest BCUT2D eigenvalue weighted by atomic mass is 10.1. The highest BCUT2D eigenvalue weighted by molar-refractivity contribution is 5.23. The van der Waals surface area contributed by atoms with Gasteiger partial charge < -0.3 is 20.3 Å². The van der Waals surface area contributed by atoms with Crippen molar-refractivity contribution >= 4 is 5.82 Å². The van der Waals surface area contributed by atoms with Crippen LogP contribution in [0.15, 0.2) is 47.4 Å². The molecule has 1 aliphatic heterocycles. The Morgan fingerprint density at radius 1 is 1.32 bits per heavy atom. The topological polar surface area (TPSA) is 99.6 Å². The van der Waals surface area contributed by atoms with E-state index in [9.17, 15) is 18.7 Å². The molecule has 3 N–H and O–H groups in total. The quantitative estimate of drug-likeness (QED) is 0.830. The fourth-order valence-electron chi connectivity index (χ4n) is 2.69. The van der Waals surface area contributed by atoms with Gasteiger partial charge in [-0.15, -0.1) is 0 Å². The number of halogens is 2. The first kappa shape index (κ1) is 17.5. The van der Waals surface area contributed by atoms with Crippen LogP contribution in [0.3, 0.4) is 0 Å². The molecule has 134 valence electrons. The van der Waals surface area contributed by atoms with Crippen molar-refractivity contribution in [3.63, 3.8) is 0 Å². The Morgan fingerprint density at radius 3 is 2.68 bits per heavy atom. The minimum absolute atomic E-state index is 0.0808. The van der Waals surface area contributed by atoms with Gasteiger partial charge in [0, 0.05) is 6.20 Å².